The molecule has 1 rings (SSSR count). The van der Waals surface area contributed by atoms with Crippen molar-refractivity contribution >= 4 is 5.97 Å². The second-order valence-electron chi connectivity index (χ2n) is 2.29. The molecule has 78 valence electrons. The number of aryl methyl sites for hydroxylation is 1. The van der Waals surface area contributed by atoms with Crippen LogP contribution in [0.15, 0.2) is 12.1 Å². The van der Waals surface area contributed by atoms with E-state index in [0.29, 0.717) is 11.4 Å². The summed E-state index contributed by atoms with van der Waals surface area (Å²) in [5.41, 5.74) is 0.616. The molecule has 1 N–H and O–H groups in total. The first-order valence-electron chi connectivity index (χ1n) is 4.40. The lowest BCUT2D eigenvalue weighted by Gasteiger charge is -2.02. The molecule has 0 saturated heterocycles. The zero-order chi connectivity index (χ0) is 11.1. The van der Waals surface area contributed by atoms with Crippen molar-refractivity contribution in [1.82, 2.24) is 4.98 Å². The van der Waals surface area contributed by atoms with Crippen LogP contribution >= 0.6 is 0 Å². The van der Waals surface area contributed by atoms with E-state index in [4.69, 9.17) is 9.84 Å². The molecular formula is C10H15NO3. The van der Waals surface area contributed by atoms with Gasteiger partial charge in [-0.2, -0.15) is 0 Å². The lowest BCUT2D eigenvalue weighted by atomic mass is 10.3. The number of aromatic carboxylic acids is 1. The normalized spacial score (nSPS) is 8.57. The summed E-state index contributed by atoms with van der Waals surface area (Å²) in [5.74, 6) is -0.430. The van der Waals surface area contributed by atoms with Crippen LogP contribution in [0.3, 0.4) is 0 Å². The molecule has 0 radical (unpaired) electrons. The molecule has 0 fully saturated rings. The molecule has 0 aromatic carbocycles. The largest absolute Gasteiger partial charge is 0.495 e. The Hall–Kier alpha value is -1.58. The predicted molar refractivity (Wildman–Crippen MR) is 53.8 cm³/mol. The Bertz CT molecular complexity index is 310. The van der Waals surface area contributed by atoms with Crippen LogP contribution in [0.5, 0.6) is 5.75 Å². The first-order chi connectivity index (χ1) is 6.65. The fraction of sp³-hybridized carbons (Fsp3) is 0.400. The van der Waals surface area contributed by atoms with Gasteiger partial charge in [0, 0.05) is 0 Å². The summed E-state index contributed by atoms with van der Waals surface area (Å²) in [6.45, 7) is 5.70. The monoisotopic (exact) mass is 197 g/mol. The van der Waals surface area contributed by atoms with Crippen molar-refractivity contribution in [3.63, 3.8) is 0 Å². The molecule has 0 aliphatic carbocycles. The first kappa shape index (κ1) is 12.4. The number of carboxylic acid groups (broad SMARTS) is 1. The Morgan fingerprint density at radius 3 is 2.36 bits per heavy atom. The fourth-order valence-corrected chi connectivity index (χ4v) is 0.883. The van der Waals surface area contributed by atoms with Crippen LogP contribution in [0.4, 0.5) is 0 Å². The molecule has 0 amide bonds. The van der Waals surface area contributed by atoms with E-state index in [9.17, 15) is 4.79 Å². The zero-order valence-corrected chi connectivity index (χ0v) is 8.87. The predicted octanol–water partition coefficient (Wildman–Crippen LogP) is 2.12. The highest BCUT2D eigenvalue weighted by Crippen LogP contribution is 2.14. The van der Waals surface area contributed by atoms with Crippen LogP contribution in [-0.4, -0.2) is 23.2 Å². The highest BCUT2D eigenvalue weighted by atomic mass is 16.5. The van der Waals surface area contributed by atoms with Gasteiger partial charge in [0.2, 0.25) is 0 Å². The van der Waals surface area contributed by atoms with Gasteiger partial charge in [0.25, 0.3) is 0 Å². The van der Waals surface area contributed by atoms with Crippen molar-refractivity contribution in [2.24, 2.45) is 0 Å². The Morgan fingerprint density at radius 2 is 2.00 bits per heavy atom. The molecule has 0 aliphatic heterocycles. The van der Waals surface area contributed by atoms with Crippen molar-refractivity contribution in [2.45, 2.75) is 20.8 Å². The SMILES string of the molecule is CC.COc1ccc(C(=O)O)nc1C. The topological polar surface area (TPSA) is 59.4 Å². The van der Waals surface area contributed by atoms with Crippen LogP contribution in [0.1, 0.15) is 30.0 Å². The van der Waals surface area contributed by atoms with Crippen LogP contribution in [-0.2, 0) is 0 Å². The summed E-state index contributed by atoms with van der Waals surface area (Å²) in [6, 6.07) is 3.00. The third-order valence-electron chi connectivity index (χ3n) is 1.48. The van der Waals surface area contributed by atoms with E-state index in [-0.39, 0.29) is 5.69 Å². The molecule has 0 saturated carbocycles. The minimum Gasteiger partial charge on any atom is -0.495 e. The summed E-state index contributed by atoms with van der Waals surface area (Å²) in [6.07, 6.45) is 0. The van der Waals surface area contributed by atoms with Crippen molar-refractivity contribution in [3.05, 3.63) is 23.5 Å². The molecule has 14 heavy (non-hydrogen) atoms. The number of nitrogens with zero attached hydrogens (tertiary/aromatic N) is 1. The highest BCUT2D eigenvalue weighted by Gasteiger charge is 2.06. The summed E-state index contributed by atoms with van der Waals surface area (Å²) in [5, 5.41) is 8.57. The minimum atomic E-state index is -1.03. The number of aromatic nitrogens is 1. The number of hydrogen-bond acceptors (Lipinski definition) is 3. The second kappa shape index (κ2) is 5.96. The van der Waals surface area contributed by atoms with Gasteiger partial charge in [-0.1, -0.05) is 13.8 Å². The van der Waals surface area contributed by atoms with E-state index in [1.165, 1.54) is 13.2 Å². The van der Waals surface area contributed by atoms with Gasteiger partial charge in [0.1, 0.15) is 11.4 Å². The smallest absolute Gasteiger partial charge is 0.354 e. The average molecular weight is 197 g/mol. The molecule has 0 spiro atoms. The Balaban J connectivity index is 0.000000791. The molecule has 1 aromatic rings. The first-order valence-corrected chi connectivity index (χ1v) is 4.40. The standard InChI is InChI=1S/C8H9NO3.C2H6/c1-5-7(12-2)4-3-6(9-5)8(10)11;1-2/h3-4H,1-2H3,(H,10,11);1-2H3. The summed E-state index contributed by atoms with van der Waals surface area (Å²) >= 11 is 0. The minimum absolute atomic E-state index is 0.0355. The van der Waals surface area contributed by atoms with Gasteiger partial charge in [-0.05, 0) is 19.1 Å². The van der Waals surface area contributed by atoms with Crippen LogP contribution < -0.4 is 4.74 Å². The number of carbonyl (C=O) groups is 1. The number of rotatable bonds is 2. The summed E-state index contributed by atoms with van der Waals surface area (Å²) < 4.78 is 4.92. The van der Waals surface area contributed by atoms with Crippen LogP contribution in [0, 0.1) is 6.92 Å². The molecule has 1 aromatic heterocycles. The van der Waals surface area contributed by atoms with E-state index < -0.39 is 5.97 Å². The van der Waals surface area contributed by atoms with Crippen LogP contribution in [0.2, 0.25) is 0 Å². The fourth-order valence-electron chi connectivity index (χ4n) is 0.883. The molecule has 1 heterocycles. The molecule has 0 bridgehead atoms. The zero-order valence-electron chi connectivity index (χ0n) is 8.87. The quantitative estimate of drug-likeness (QED) is 0.788. The Labute approximate surface area is 83.6 Å². The van der Waals surface area contributed by atoms with E-state index >= 15 is 0 Å². The second-order valence-corrected chi connectivity index (χ2v) is 2.29. The van der Waals surface area contributed by atoms with Gasteiger partial charge in [-0.15, -0.1) is 0 Å². The lowest BCUT2D eigenvalue weighted by Crippen LogP contribution is -2.02. The number of ether oxygens (including phenoxy) is 1. The van der Waals surface area contributed by atoms with E-state index in [1.54, 1.807) is 13.0 Å². The van der Waals surface area contributed by atoms with Crippen molar-refractivity contribution in [1.29, 1.82) is 0 Å². The number of hydrogen-bond donors (Lipinski definition) is 1. The third-order valence-corrected chi connectivity index (χ3v) is 1.48. The molecule has 0 aliphatic rings. The number of carboxylic acids is 1. The third kappa shape index (κ3) is 3.05. The summed E-state index contributed by atoms with van der Waals surface area (Å²) in [4.78, 5) is 14.3. The average Bonchev–Trinajstić information content (AvgIpc) is 2.20. The molecule has 0 unspecified atom stereocenters. The van der Waals surface area contributed by atoms with E-state index in [2.05, 4.69) is 4.98 Å². The van der Waals surface area contributed by atoms with Crippen LogP contribution in [0.25, 0.3) is 0 Å². The van der Waals surface area contributed by atoms with Crippen molar-refractivity contribution < 1.29 is 14.6 Å². The van der Waals surface area contributed by atoms with Gasteiger partial charge in [0.05, 0.1) is 12.8 Å². The van der Waals surface area contributed by atoms with Crippen molar-refractivity contribution in [2.75, 3.05) is 7.11 Å². The van der Waals surface area contributed by atoms with E-state index in [1.807, 2.05) is 13.8 Å². The van der Waals surface area contributed by atoms with Crippen molar-refractivity contribution in [3.8, 4) is 5.75 Å². The highest BCUT2D eigenvalue weighted by molar-refractivity contribution is 5.85. The molecule has 0 atom stereocenters. The Morgan fingerprint density at radius 1 is 1.43 bits per heavy atom. The number of pyridine rings is 1. The molecule has 4 heteroatoms. The number of methoxy groups -OCH3 is 1. The van der Waals surface area contributed by atoms with Gasteiger partial charge in [-0.25, -0.2) is 9.78 Å². The summed E-state index contributed by atoms with van der Waals surface area (Å²) in [7, 11) is 1.52. The Kier molecular flexibility index (Phi) is 5.29. The van der Waals surface area contributed by atoms with Gasteiger partial charge >= 0.3 is 5.97 Å². The van der Waals surface area contributed by atoms with Gasteiger partial charge in [-0.3, -0.25) is 0 Å². The maximum absolute atomic E-state index is 10.4. The maximum Gasteiger partial charge on any atom is 0.354 e. The molecular weight excluding hydrogens is 182 g/mol. The van der Waals surface area contributed by atoms with E-state index in [0.717, 1.165) is 0 Å². The van der Waals surface area contributed by atoms with Gasteiger partial charge in [0.15, 0.2) is 0 Å². The van der Waals surface area contributed by atoms with Gasteiger partial charge < -0.3 is 9.84 Å². The maximum atomic E-state index is 10.4. The molecule has 4 nitrogen and oxygen atoms in total. The lowest BCUT2D eigenvalue weighted by molar-refractivity contribution is 0.0690.